The van der Waals surface area contributed by atoms with Gasteiger partial charge in [-0.05, 0) is 34.1 Å². The van der Waals surface area contributed by atoms with Crippen LogP contribution in [0.4, 0.5) is 11.4 Å². The number of methoxy groups -OCH3 is 2. The van der Waals surface area contributed by atoms with Gasteiger partial charge in [-0.15, -0.1) is 23.2 Å². The zero-order chi connectivity index (χ0) is 20.1. The molecule has 0 bridgehead atoms. The number of carbonyl (C=O) groups is 2. The predicted molar refractivity (Wildman–Crippen MR) is 117 cm³/mol. The van der Waals surface area contributed by atoms with Crippen LogP contribution in [-0.2, 0) is 0 Å². The summed E-state index contributed by atoms with van der Waals surface area (Å²) in [5, 5.41) is 0.194. The highest BCUT2D eigenvalue weighted by Crippen LogP contribution is 2.28. The Morgan fingerprint density at radius 1 is 0.963 bits per heavy atom. The summed E-state index contributed by atoms with van der Waals surface area (Å²) in [5.41, 5.74) is 12.9. The van der Waals surface area contributed by atoms with Gasteiger partial charge in [0.05, 0.1) is 24.0 Å². The Morgan fingerprint density at radius 3 is 1.89 bits per heavy atom. The molecule has 2 aromatic rings. The SMILES string of the molecule is C.COc1cc(N)c(C=O)cc1Br.COc1ccc(C=O)c(N)c1.ClCCl. The first kappa shape index (κ1) is 27.3. The molecule has 2 rings (SSSR count). The second-order valence-electron chi connectivity index (χ2n) is 4.45. The average molecular weight is 482 g/mol. The van der Waals surface area contributed by atoms with Crippen LogP contribution in [0.5, 0.6) is 11.5 Å². The van der Waals surface area contributed by atoms with Gasteiger partial charge in [-0.1, -0.05) is 7.43 Å². The van der Waals surface area contributed by atoms with Crippen molar-refractivity contribution in [3.8, 4) is 11.5 Å². The van der Waals surface area contributed by atoms with Gasteiger partial charge in [-0.3, -0.25) is 9.59 Å². The minimum absolute atomic E-state index is 0. The van der Waals surface area contributed by atoms with Crippen molar-refractivity contribution in [2.75, 3.05) is 31.0 Å². The van der Waals surface area contributed by atoms with E-state index in [2.05, 4.69) is 15.9 Å². The summed E-state index contributed by atoms with van der Waals surface area (Å²) < 4.78 is 10.6. The lowest BCUT2D eigenvalue weighted by Crippen LogP contribution is -1.94. The van der Waals surface area contributed by atoms with Gasteiger partial charge in [0.1, 0.15) is 11.5 Å². The number of ether oxygens (including phenoxy) is 2. The highest BCUT2D eigenvalue weighted by Gasteiger charge is 2.04. The number of anilines is 2. The number of rotatable bonds is 4. The first-order valence-electron chi connectivity index (χ1n) is 6.97. The molecular formula is C18H23BrCl2N2O4. The maximum atomic E-state index is 10.4. The standard InChI is InChI=1S/C8H8BrNO2.C8H9NO2.CH2Cl2.CH4/c1-12-8-3-7(10)5(4-11)2-6(8)9;1-11-7-3-2-6(5-10)8(9)4-7;2-1-3;/h2-4H,10H2,1H3;2-5H,9H2,1H3;1H2;1H4. The molecule has 6 nitrogen and oxygen atoms in total. The van der Waals surface area contributed by atoms with Crippen molar-refractivity contribution in [1.82, 2.24) is 0 Å². The number of hydrogen-bond donors (Lipinski definition) is 2. The molecule has 0 saturated carbocycles. The highest BCUT2D eigenvalue weighted by atomic mass is 79.9. The first-order valence-corrected chi connectivity index (χ1v) is 8.83. The largest absolute Gasteiger partial charge is 0.497 e. The number of carbonyl (C=O) groups excluding carboxylic acids is 2. The van der Waals surface area contributed by atoms with Crippen molar-refractivity contribution in [3.63, 3.8) is 0 Å². The van der Waals surface area contributed by atoms with E-state index in [0.29, 0.717) is 40.3 Å². The van der Waals surface area contributed by atoms with Crippen LogP contribution in [-0.4, -0.2) is 32.1 Å². The maximum Gasteiger partial charge on any atom is 0.152 e. The van der Waals surface area contributed by atoms with Crippen LogP contribution in [0.1, 0.15) is 28.1 Å². The molecule has 0 amide bonds. The molecule has 150 valence electrons. The van der Waals surface area contributed by atoms with Gasteiger partial charge in [0.15, 0.2) is 12.6 Å². The third-order valence-electron chi connectivity index (χ3n) is 2.91. The topological polar surface area (TPSA) is 105 Å². The van der Waals surface area contributed by atoms with Crippen LogP contribution in [0.25, 0.3) is 0 Å². The minimum Gasteiger partial charge on any atom is -0.497 e. The zero-order valence-electron chi connectivity index (χ0n) is 14.2. The third-order valence-corrected chi connectivity index (χ3v) is 3.53. The van der Waals surface area contributed by atoms with E-state index in [4.69, 9.17) is 44.1 Å². The lowest BCUT2D eigenvalue weighted by molar-refractivity contribution is 0.111. The number of nitrogen functional groups attached to an aromatic ring is 2. The van der Waals surface area contributed by atoms with Crippen molar-refractivity contribution < 1.29 is 19.1 Å². The van der Waals surface area contributed by atoms with Crippen molar-refractivity contribution in [2.24, 2.45) is 0 Å². The molecule has 0 fully saturated rings. The molecule has 0 aromatic heterocycles. The number of hydrogen-bond acceptors (Lipinski definition) is 6. The monoisotopic (exact) mass is 480 g/mol. The molecule has 0 spiro atoms. The number of alkyl halides is 2. The molecule has 2 aromatic carbocycles. The average Bonchev–Trinajstić information content (AvgIpc) is 2.64. The molecule has 0 unspecified atom stereocenters. The molecule has 27 heavy (non-hydrogen) atoms. The van der Waals surface area contributed by atoms with Gasteiger partial charge >= 0.3 is 0 Å². The van der Waals surface area contributed by atoms with Gasteiger partial charge in [0, 0.05) is 34.6 Å². The van der Waals surface area contributed by atoms with E-state index >= 15 is 0 Å². The molecule has 0 radical (unpaired) electrons. The molecule has 4 N–H and O–H groups in total. The first-order chi connectivity index (χ1) is 12.4. The van der Waals surface area contributed by atoms with Gasteiger partial charge < -0.3 is 20.9 Å². The Hall–Kier alpha value is -1.96. The maximum absolute atomic E-state index is 10.4. The van der Waals surface area contributed by atoms with Gasteiger partial charge in [-0.25, -0.2) is 0 Å². The smallest absolute Gasteiger partial charge is 0.152 e. The highest BCUT2D eigenvalue weighted by molar-refractivity contribution is 9.10. The lowest BCUT2D eigenvalue weighted by atomic mass is 10.2. The van der Waals surface area contributed by atoms with E-state index in [0.717, 1.165) is 10.8 Å². The summed E-state index contributed by atoms with van der Waals surface area (Å²) in [5.74, 6) is 1.28. The van der Waals surface area contributed by atoms with Crippen molar-refractivity contribution in [1.29, 1.82) is 0 Å². The second kappa shape index (κ2) is 15.1. The molecule has 9 heteroatoms. The van der Waals surface area contributed by atoms with Crippen LogP contribution < -0.4 is 20.9 Å². The quantitative estimate of drug-likeness (QED) is 0.361. The van der Waals surface area contributed by atoms with Crippen LogP contribution in [0, 0.1) is 0 Å². The third kappa shape index (κ3) is 9.51. The normalized spacial score (nSPS) is 8.63. The van der Waals surface area contributed by atoms with Crippen LogP contribution in [0.2, 0.25) is 0 Å². The number of aldehydes is 2. The summed E-state index contributed by atoms with van der Waals surface area (Å²) in [6.07, 6.45) is 1.42. The molecule has 0 heterocycles. The fourth-order valence-corrected chi connectivity index (χ4v) is 2.15. The molecule has 0 atom stereocenters. The molecular weight excluding hydrogens is 459 g/mol. The van der Waals surface area contributed by atoms with Gasteiger partial charge in [0.2, 0.25) is 0 Å². The fraction of sp³-hybridized carbons (Fsp3) is 0.222. The predicted octanol–water partition coefficient (Wildman–Crippen LogP) is 5.00. The number of halogens is 3. The zero-order valence-corrected chi connectivity index (χ0v) is 17.3. The van der Waals surface area contributed by atoms with Crippen molar-refractivity contribution >= 4 is 63.1 Å². The van der Waals surface area contributed by atoms with Crippen molar-refractivity contribution in [2.45, 2.75) is 7.43 Å². The van der Waals surface area contributed by atoms with E-state index in [-0.39, 0.29) is 12.8 Å². The van der Waals surface area contributed by atoms with E-state index in [1.165, 1.54) is 0 Å². The minimum atomic E-state index is 0. The molecule has 0 saturated heterocycles. The van der Waals surface area contributed by atoms with Crippen molar-refractivity contribution in [3.05, 3.63) is 45.9 Å². The Bertz CT molecular complexity index is 731. The lowest BCUT2D eigenvalue weighted by Gasteiger charge is -2.05. The Balaban J connectivity index is 0. The summed E-state index contributed by atoms with van der Waals surface area (Å²) in [4.78, 5) is 20.7. The molecule has 0 aliphatic carbocycles. The summed E-state index contributed by atoms with van der Waals surface area (Å²) in [6, 6.07) is 8.17. The van der Waals surface area contributed by atoms with Crippen LogP contribution in [0.15, 0.2) is 34.8 Å². The van der Waals surface area contributed by atoms with Crippen LogP contribution in [0.3, 0.4) is 0 Å². The van der Waals surface area contributed by atoms with E-state index in [1.54, 1.807) is 44.6 Å². The molecule has 0 aliphatic rings. The Labute approximate surface area is 177 Å². The fourth-order valence-electron chi connectivity index (χ4n) is 1.63. The second-order valence-corrected chi connectivity index (χ2v) is 6.11. The number of benzene rings is 2. The number of nitrogens with two attached hydrogens (primary N) is 2. The summed E-state index contributed by atoms with van der Waals surface area (Å²) in [6.45, 7) is 0. The van der Waals surface area contributed by atoms with Gasteiger partial charge in [-0.2, -0.15) is 0 Å². The Morgan fingerprint density at radius 2 is 1.48 bits per heavy atom. The van der Waals surface area contributed by atoms with E-state index in [9.17, 15) is 9.59 Å². The van der Waals surface area contributed by atoms with Crippen LogP contribution >= 0.6 is 39.1 Å². The van der Waals surface area contributed by atoms with E-state index < -0.39 is 0 Å². The Kier molecular flexibility index (Phi) is 15.3. The summed E-state index contributed by atoms with van der Waals surface area (Å²) >= 11 is 12.8. The van der Waals surface area contributed by atoms with Gasteiger partial charge in [0.25, 0.3) is 0 Å². The van der Waals surface area contributed by atoms with E-state index in [1.807, 2.05) is 0 Å². The molecule has 0 aliphatic heterocycles. The summed E-state index contributed by atoms with van der Waals surface area (Å²) in [7, 11) is 3.09.